The van der Waals surface area contributed by atoms with E-state index in [1.54, 1.807) is 13.8 Å². The number of rotatable bonds is 6. The summed E-state index contributed by atoms with van der Waals surface area (Å²) in [5, 5.41) is 34.4. The van der Waals surface area contributed by atoms with Crippen molar-refractivity contribution in [3.63, 3.8) is 0 Å². The Kier molecular flexibility index (Phi) is 8.82. The van der Waals surface area contributed by atoms with Crippen LogP contribution in [0.25, 0.3) is 0 Å². The minimum atomic E-state index is -1.38. The number of hydrogen-bond acceptors (Lipinski definition) is 8. The summed E-state index contributed by atoms with van der Waals surface area (Å²) in [7, 11) is 0. The number of benzene rings is 2. The summed E-state index contributed by atoms with van der Waals surface area (Å²) in [6.45, 7) is 2.61. The van der Waals surface area contributed by atoms with Crippen LogP contribution in [0.1, 0.15) is 38.1 Å². The van der Waals surface area contributed by atoms with Crippen LogP contribution in [-0.2, 0) is 11.2 Å². The molecule has 0 radical (unpaired) electrons. The quantitative estimate of drug-likeness (QED) is 0.185. The van der Waals surface area contributed by atoms with Crippen LogP contribution >= 0.6 is 46.4 Å². The number of amides is 5. The monoisotopic (exact) mass is 684 g/mol. The predicted molar refractivity (Wildman–Crippen MR) is 161 cm³/mol. The van der Waals surface area contributed by atoms with Crippen molar-refractivity contribution >= 4 is 81.5 Å². The summed E-state index contributed by atoms with van der Waals surface area (Å²) in [5.41, 5.74) is 2.34. The van der Waals surface area contributed by atoms with Gasteiger partial charge < -0.3 is 15.4 Å². The fourth-order valence-corrected chi connectivity index (χ4v) is 5.61. The highest BCUT2D eigenvalue weighted by molar-refractivity contribution is 6.42. The van der Waals surface area contributed by atoms with Crippen molar-refractivity contribution in [2.45, 2.75) is 44.8 Å². The van der Waals surface area contributed by atoms with Gasteiger partial charge in [0.2, 0.25) is 5.69 Å². The zero-order chi connectivity index (χ0) is 31.9. The number of nitrogens with one attached hydrogen (secondary N) is 2. The van der Waals surface area contributed by atoms with E-state index in [-0.39, 0.29) is 37.2 Å². The van der Waals surface area contributed by atoms with Crippen LogP contribution in [0.3, 0.4) is 0 Å². The number of carbonyl (C=O) groups is 3. The molecule has 1 fully saturated rings. The maximum absolute atomic E-state index is 13.9. The Hall–Kier alpha value is -3.82. The number of aromatic nitrogens is 2. The van der Waals surface area contributed by atoms with Gasteiger partial charge in [0, 0.05) is 23.0 Å². The van der Waals surface area contributed by atoms with Gasteiger partial charge in [0.1, 0.15) is 12.3 Å². The van der Waals surface area contributed by atoms with Gasteiger partial charge in [-0.05, 0) is 68.0 Å². The van der Waals surface area contributed by atoms with Crippen molar-refractivity contribution in [2.24, 2.45) is 5.10 Å². The molecule has 5 amide bonds. The molecule has 1 aliphatic heterocycles. The number of anilines is 2. The van der Waals surface area contributed by atoms with Crippen LogP contribution < -0.4 is 20.5 Å². The molecule has 0 spiro atoms. The lowest BCUT2D eigenvalue weighted by Crippen LogP contribution is -2.58. The van der Waals surface area contributed by atoms with Gasteiger partial charge >= 0.3 is 12.1 Å². The first-order valence-corrected chi connectivity index (χ1v) is 14.5. The predicted octanol–water partition coefficient (Wildman–Crippen LogP) is 5.05. The molecule has 3 aromatic rings. The van der Waals surface area contributed by atoms with E-state index in [4.69, 9.17) is 46.4 Å². The molecule has 1 aromatic heterocycles. The average molecular weight is 686 g/mol. The first-order valence-electron chi connectivity index (χ1n) is 13.0. The van der Waals surface area contributed by atoms with E-state index in [9.17, 15) is 24.8 Å². The lowest BCUT2D eigenvalue weighted by Gasteiger charge is -2.38. The molecule has 1 saturated heterocycles. The summed E-state index contributed by atoms with van der Waals surface area (Å²) in [6.07, 6.45) is 0.111. The number of nitrogens with zero attached hydrogens (tertiary/aromatic N) is 6. The first-order chi connectivity index (χ1) is 20.8. The Morgan fingerprint density at radius 2 is 1.82 bits per heavy atom. The molecule has 2 heterocycles. The van der Waals surface area contributed by atoms with E-state index in [0.717, 1.165) is 4.90 Å². The molecule has 0 saturated carbocycles. The largest absolute Gasteiger partial charge is 0.359 e. The molecular formula is C26H24Cl4N8O6. The molecule has 1 aliphatic carbocycles. The van der Waals surface area contributed by atoms with Crippen LogP contribution in [0.2, 0.25) is 20.1 Å². The summed E-state index contributed by atoms with van der Waals surface area (Å²) < 4.78 is 4.64. The second-order valence-electron chi connectivity index (χ2n) is 10.4. The van der Waals surface area contributed by atoms with Crippen LogP contribution in [0.5, 0.6) is 0 Å². The molecule has 2 aliphatic rings. The van der Waals surface area contributed by atoms with Crippen LogP contribution in [0.15, 0.2) is 46.1 Å². The zero-order valence-electron chi connectivity index (χ0n) is 23.1. The number of hydrogen-bond donors (Lipinski definition) is 3. The third kappa shape index (κ3) is 5.95. The molecule has 3 N–H and O–H groups in total. The summed E-state index contributed by atoms with van der Waals surface area (Å²) in [5.74, 6) is -0.691. The van der Waals surface area contributed by atoms with Gasteiger partial charge in [0.15, 0.2) is 6.17 Å². The Balaban J connectivity index is 1.42. The highest BCUT2D eigenvalue weighted by Crippen LogP contribution is 2.39. The molecule has 14 nitrogen and oxygen atoms in total. The Bertz CT molecular complexity index is 1680. The van der Waals surface area contributed by atoms with Crippen molar-refractivity contribution in [3.05, 3.63) is 73.1 Å². The van der Waals surface area contributed by atoms with E-state index >= 15 is 0 Å². The molecule has 2 aromatic carbocycles. The molecule has 44 heavy (non-hydrogen) atoms. The molecule has 1 unspecified atom stereocenters. The summed E-state index contributed by atoms with van der Waals surface area (Å²) in [6, 6.07) is 6.92. The highest BCUT2D eigenvalue weighted by Gasteiger charge is 2.56. The number of hydrazone groups is 1. The van der Waals surface area contributed by atoms with Gasteiger partial charge in [-0.3, -0.25) is 19.5 Å². The molecule has 18 heteroatoms. The SMILES string of the molecule is CC1(C)C(N(O)C(=O)Nc2ccc(Cl)c(Cl)c2)N(c2ccc(Cl)c(Cl)c2)C(=O)N1CC(=O)N/N=C1/CCCc2c1no[n+]2[O-]. The van der Waals surface area contributed by atoms with Gasteiger partial charge in [-0.1, -0.05) is 46.4 Å². The summed E-state index contributed by atoms with van der Waals surface area (Å²) >= 11 is 24.3. The highest BCUT2D eigenvalue weighted by atomic mass is 35.5. The molecular weight excluding hydrogens is 662 g/mol. The van der Waals surface area contributed by atoms with Crippen molar-refractivity contribution in [2.75, 3.05) is 16.8 Å². The lowest BCUT2D eigenvalue weighted by molar-refractivity contribution is -0.808. The van der Waals surface area contributed by atoms with Gasteiger partial charge in [-0.15, -0.1) is 0 Å². The van der Waals surface area contributed by atoms with E-state index in [1.807, 2.05) is 0 Å². The average Bonchev–Trinajstić information content (AvgIpc) is 3.45. The second kappa shape index (κ2) is 12.3. The third-order valence-electron chi connectivity index (χ3n) is 7.22. The third-order valence-corrected chi connectivity index (χ3v) is 8.70. The zero-order valence-corrected chi connectivity index (χ0v) is 26.1. The standard InChI is InChI=1S/C26H24Cl4N8O6/c1-26(2)23(37(42)24(40)31-13-6-8-15(27)17(29)10-13)36(14-7-9-16(28)18(30)11-14)25(41)35(26)12-21(39)33-32-19-4-3-5-20-22(19)34-44-38(20)43/h6-11,23,42H,3-5,12H2,1-2H3,(H,31,40)(H,33,39)/b32-19-. The number of hydroxylamine groups is 2. The Morgan fingerprint density at radius 1 is 1.14 bits per heavy atom. The number of fused-ring (bicyclic) bond motifs is 1. The molecule has 1 atom stereocenters. The van der Waals surface area contributed by atoms with Crippen molar-refractivity contribution in [1.82, 2.24) is 20.5 Å². The second-order valence-corrected chi connectivity index (χ2v) is 12.1. The van der Waals surface area contributed by atoms with Crippen molar-refractivity contribution < 1.29 is 29.1 Å². The normalized spacial score (nSPS) is 18.4. The van der Waals surface area contributed by atoms with Crippen LogP contribution in [-0.4, -0.2) is 62.3 Å². The Morgan fingerprint density at radius 3 is 2.50 bits per heavy atom. The molecule has 232 valence electrons. The minimum absolute atomic E-state index is 0.115. The topological polar surface area (TPSA) is 171 Å². The van der Waals surface area contributed by atoms with Crippen LogP contribution in [0.4, 0.5) is 21.0 Å². The van der Waals surface area contributed by atoms with E-state index in [1.165, 1.54) is 41.3 Å². The molecule has 5 rings (SSSR count). The van der Waals surface area contributed by atoms with Gasteiger partial charge in [-0.25, -0.2) is 15.0 Å². The number of carbonyl (C=O) groups excluding carboxylic acids is 3. The smallest absolute Gasteiger partial charge is 0.347 e. The molecule has 0 bridgehead atoms. The van der Waals surface area contributed by atoms with E-state index in [0.29, 0.717) is 40.6 Å². The number of urea groups is 2. The minimum Gasteiger partial charge on any atom is -0.359 e. The lowest BCUT2D eigenvalue weighted by atomic mass is 9.99. The fourth-order valence-electron chi connectivity index (χ4n) is 5.02. The van der Waals surface area contributed by atoms with E-state index in [2.05, 4.69) is 25.6 Å². The van der Waals surface area contributed by atoms with Crippen molar-refractivity contribution in [3.8, 4) is 0 Å². The van der Waals surface area contributed by atoms with Gasteiger partial charge in [0.05, 0.1) is 25.6 Å². The number of halogens is 4. The van der Waals surface area contributed by atoms with Gasteiger partial charge in [-0.2, -0.15) is 10.2 Å². The fraction of sp³-hybridized carbons (Fsp3) is 0.308. The Labute approximate surface area is 270 Å². The summed E-state index contributed by atoms with van der Waals surface area (Å²) in [4.78, 5) is 42.8. The maximum Gasteiger partial charge on any atom is 0.347 e. The van der Waals surface area contributed by atoms with E-state index < -0.39 is 36.2 Å². The first kappa shape index (κ1) is 31.6. The maximum atomic E-state index is 13.9. The van der Waals surface area contributed by atoms with Gasteiger partial charge in [0.25, 0.3) is 11.6 Å². The van der Waals surface area contributed by atoms with Crippen LogP contribution in [0, 0.1) is 5.21 Å². The van der Waals surface area contributed by atoms with Crippen molar-refractivity contribution in [1.29, 1.82) is 0 Å².